The number of ether oxygens (including phenoxy) is 1. The SMILES string of the molecule is CC1/C=C/CCCOC(=O)c2ccc(O)cc2CC(=N/OCC(=O)N2CCCCC2)/C=C/C1. The van der Waals surface area contributed by atoms with Gasteiger partial charge in [0.2, 0.25) is 0 Å². The molecule has 2 heterocycles. The largest absolute Gasteiger partial charge is 0.508 e. The summed E-state index contributed by atoms with van der Waals surface area (Å²) in [7, 11) is 0. The quantitative estimate of drug-likeness (QED) is 0.415. The molecule has 1 fully saturated rings. The highest BCUT2D eigenvalue weighted by molar-refractivity contribution is 5.99. The molecule has 0 saturated carbocycles. The van der Waals surface area contributed by atoms with Crippen molar-refractivity contribution in [1.29, 1.82) is 0 Å². The predicted molar refractivity (Wildman–Crippen MR) is 127 cm³/mol. The fourth-order valence-corrected chi connectivity index (χ4v) is 3.92. The van der Waals surface area contributed by atoms with E-state index in [1.54, 1.807) is 12.1 Å². The van der Waals surface area contributed by atoms with E-state index < -0.39 is 5.97 Å². The molecule has 0 bridgehead atoms. The van der Waals surface area contributed by atoms with E-state index in [-0.39, 0.29) is 24.7 Å². The average Bonchev–Trinajstić information content (AvgIpc) is 2.81. The van der Waals surface area contributed by atoms with E-state index in [1.807, 2.05) is 17.1 Å². The third-order valence-corrected chi connectivity index (χ3v) is 5.79. The molecule has 0 spiro atoms. The van der Waals surface area contributed by atoms with Gasteiger partial charge in [-0.1, -0.05) is 30.3 Å². The number of phenolic OH excluding ortho intramolecular Hbond substituents is 1. The minimum Gasteiger partial charge on any atom is -0.508 e. The van der Waals surface area contributed by atoms with Crippen molar-refractivity contribution in [2.24, 2.45) is 11.1 Å². The van der Waals surface area contributed by atoms with Gasteiger partial charge in [0.15, 0.2) is 6.61 Å². The first kappa shape index (κ1) is 24.6. The lowest BCUT2D eigenvalue weighted by atomic mass is 10.0. The Morgan fingerprint density at radius 2 is 2.03 bits per heavy atom. The fourth-order valence-electron chi connectivity index (χ4n) is 3.92. The number of carbonyl (C=O) groups excluding carboxylic acids is 2. The van der Waals surface area contributed by atoms with Gasteiger partial charge in [-0.2, -0.15) is 0 Å². The van der Waals surface area contributed by atoms with Crippen molar-refractivity contribution in [3.8, 4) is 5.75 Å². The van der Waals surface area contributed by atoms with Gasteiger partial charge in [0.1, 0.15) is 5.75 Å². The fraction of sp³-hybridized carbons (Fsp3) is 0.500. The molecule has 0 radical (unpaired) electrons. The first-order chi connectivity index (χ1) is 16.0. The monoisotopic (exact) mass is 454 g/mol. The van der Waals surface area contributed by atoms with Gasteiger partial charge in [0.05, 0.1) is 17.9 Å². The van der Waals surface area contributed by atoms with Crippen LogP contribution in [0.25, 0.3) is 0 Å². The first-order valence-corrected chi connectivity index (χ1v) is 11.8. The van der Waals surface area contributed by atoms with Gasteiger partial charge >= 0.3 is 5.97 Å². The molecular formula is C26H34N2O5. The van der Waals surface area contributed by atoms with Crippen LogP contribution in [0.2, 0.25) is 0 Å². The smallest absolute Gasteiger partial charge is 0.338 e. The molecular weight excluding hydrogens is 420 g/mol. The Morgan fingerprint density at radius 3 is 2.85 bits per heavy atom. The molecule has 7 heteroatoms. The second kappa shape index (κ2) is 12.8. The minimum atomic E-state index is -0.429. The first-order valence-electron chi connectivity index (χ1n) is 11.8. The number of rotatable bonds is 3. The summed E-state index contributed by atoms with van der Waals surface area (Å²) in [5.41, 5.74) is 1.54. The van der Waals surface area contributed by atoms with Crippen molar-refractivity contribution in [2.45, 2.75) is 51.9 Å². The van der Waals surface area contributed by atoms with Crippen molar-refractivity contribution >= 4 is 17.6 Å². The molecule has 0 aliphatic carbocycles. The van der Waals surface area contributed by atoms with Crippen LogP contribution in [0.15, 0.2) is 47.7 Å². The van der Waals surface area contributed by atoms with Gasteiger partial charge in [-0.15, -0.1) is 0 Å². The van der Waals surface area contributed by atoms with Gasteiger partial charge < -0.3 is 19.6 Å². The molecule has 1 amide bonds. The van der Waals surface area contributed by atoms with Crippen LogP contribution < -0.4 is 0 Å². The number of carbonyl (C=O) groups is 2. The van der Waals surface area contributed by atoms with Crippen LogP contribution in [-0.4, -0.2) is 53.9 Å². The molecule has 1 N–H and O–H groups in total. The standard InChI is InChI=1S/C26H34N2O5/c1-20-9-4-2-7-16-32-26(31)24-13-12-23(29)18-21(24)17-22(11-8-10-20)27-33-19-25(30)28-14-5-3-6-15-28/h4,8-9,11-13,18,20,29H,2-3,5-7,10,14-17,19H2,1H3/b9-4+,11-8+,27-22+. The van der Waals surface area contributed by atoms with Gasteiger partial charge in [0, 0.05) is 19.5 Å². The van der Waals surface area contributed by atoms with Crippen molar-refractivity contribution in [2.75, 3.05) is 26.3 Å². The maximum Gasteiger partial charge on any atom is 0.338 e. The Bertz CT molecular complexity index is 900. The molecule has 2 aliphatic heterocycles. The zero-order valence-corrected chi connectivity index (χ0v) is 19.4. The molecule has 0 aromatic heterocycles. The number of cyclic esters (lactones) is 1. The number of allylic oxidation sites excluding steroid dienone is 4. The number of benzene rings is 1. The number of esters is 1. The second-order valence-corrected chi connectivity index (χ2v) is 8.64. The Labute approximate surface area is 195 Å². The molecule has 1 aromatic carbocycles. The summed E-state index contributed by atoms with van der Waals surface area (Å²) in [6.45, 7) is 3.87. The highest BCUT2D eigenvalue weighted by atomic mass is 16.6. The number of likely N-dealkylation sites (tertiary alicyclic amines) is 1. The number of hydrogen-bond donors (Lipinski definition) is 1. The summed E-state index contributed by atoms with van der Waals surface area (Å²) in [5.74, 6) is -0.0859. The third-order valence-electron chi connectivity index (χ3n) is 5.79. The van der Waals surface area contributed by atoms with Crippen molar-refractivity contribution in [3.05, 3.63) is 53.6 Å². The van der Waals surface area contributed by atoms with E-state index in [9.17, 15) is 14.7 Å². The highest BCUT2D eigenvalue weighted by Gasteiger charge is 2.18. The van der Waals surface area contributed by atoms with E-state index in [0.29, 0.717) is 29.4 Å². The Balaban J connectivity index is 1.78. The molecule has 1 aromatic rings. The van der Waals surface area contributed by atoms with Crippen LogP contribution in [0.4, 0.5) is 0 Å². The number of nitrogens with zero attached hydrogens (tertiary/aromatic N) is 2. The topological polar surface area (TPSA) is 88.4 Å². The van der Waals surface area contributed by atoms with Gasteiger partial charge in [0.25, 0.3) is 5.91 Å². The van der Waals surface area contributed by atoms with Gasteiger partial charge in [-0.25, -0.2) is 4.79 Å². The van der Waals surface area contributed by atoms with Crippen LogP contribution in [0, 0.1) is 5.92 Å². The number of hydrogen-bond acceptors (Lipinski definition) is 6. The summed E-state index contributed by atoms with van der Waals surface area (Å²) in [6, 6.07) is 4.58. The lowest BCUT2D eigenvalue weighted by molar-refractivity contribution is -0.137. The number of phenols is 1. The number of oxime groups is 1. The molecule has 1 atom stereocenters. The summed E-state index contributed by atoms with van der Waals surface area (Å²) in [5, 5.41) is 14.2. The maximum absolute atomic E-state index is 12.6. The molecule has 1 saturated heterocycles. The highest BCUT2D eigenvalue weighted by Crippen LogP contribution is 2.20. The molecule has 2 aliphatic rings. The third kappa shape index (κ3) is 8.08. The van der Waals surface area contributed by atoms with Crippen molar-refractivity contribution in [1.82, 2.24) is 4.90 Å². The zero-order chi connectivity index (χ0) is 23.5. The molecule has 178 valence electrons. The zero-order valence-electron chi connectivity index (χ0n) is 19.4. The second-order valence-electron chi connectivity index (χ2n) is 8.64. The molecule has 7 nitrogen and oxygen atoms in total. The Hall–Kier alpha value is -3.09. The molecule has 3 rings (SSSR count). The Kier molecular flexibility index (Phi) is 9.54. The number of fused-ring (bicyclic) bond motifs is 1. The van der Waals surface area contributed by atoms with E-state index >= 15 is 0 Å². The summed E-state index contributed by atoms with van der Waals surface area (Å²) in [4.78, 5) is 32.3. The van der Waals surface area contributed by atoms with Crippen LogP contribution in [0.3, 0.4) is 0 Å². The summed E-state index contributed by atoms with van der Waals surface area (Å²) in [6.07, 6.45) is 14.0. The van der Waals surface area contributed by atoms with Gasteiger partial charge in [-0.3, -0.25) is 4.79 Å². The van der Waals surface area contributed by atoms with Crippen LogP contribution in [-0.2, 0) is 20.8 Å². The van der Waals surface area contributed by atoms with Crippen molar-refractivity contribution in [3.63, 3.8) is 0 Å². The maximum atomic E-state index is 12.6. The lowest BCUT2D eigenvalue weighted by Crippen LogP contribution is -2.37. The molecule has 33 heavy (non-hydrogen) atoms. The molecule has 1 unspecified atom stereocenters. The summed E-state index contributed by atoms with van der Waals surface area (Å²) >= 11 is 0. The van der Waals surface area contributed by atoms with Crippen LogP contribution in [0.5, 0.6) is 5.75 Å². The predicted octanol–water partition coefficient (Wildman–Crippen LogP) is 4.41. The minimum absolute atomic E-state index is 0.0572. The normalized spacial score (nSPS) is 23.5. The van der Waals surface area contributed by atoms with Gasteiger partial charge in [-0.05, 0) is 74.3 Å². The average molecular weight is 455 g/mol. The number of amides is 1. The van der Waals surface area contributed by atoms with E-state index in [0.717, 1.165) is 51.6 Å². The van der Waals surface area contributed by atoms with Crippen LogP contribution >= 0.6 is 0 Å². The van der Waals surface area contributed by atoms with E-state index in [2.05, 4.69) is 24.2 Å². The Morgan fingerprint density at radius 1 is 1.21 bits per heavy atom. The number of piperidine rings is 1. The van der Waals surface area contributed by atoms with E-state index in [1.165, 1.54) is 6.07 Å². The summed E-state index contributed by atoms with van der Waals surface area (Å²) < 4.78 is 5.43. The van der Waals surface area contributed by atoms with Crippen molar-refractivity contribution < 1.29 is 24.3 Å². The van der Waals surface area contributed by atoms with Crippen LogP contribution in [0.1, 0.15) is 61.4 Å². The number of aromatic hydroxyl groups is 1. The lowest BCUT2D eigenvalue weighted by Gasteiger charge is -2.26. The van der Waals surface area contributed by atoms with E-state index in [4.69, 9.17) is 9.57 Å².